The summed E-state index contributed by atoms with van der Waals surface area (Å²) in [5.74, 6) is -1.67. The molecule has 0 heterocycles. The van der Waals surface area contributed by atoms with Gasteiger partial charge in [0.2, 0.25) is 0 Å². The predicted octanol–water partition coefficient (Wildman–Crippen LogP) is 4.18. The third kappa shape index (κ3) is 3.75. The topological polar surface area (TPSA) is 35.5 Å². The number of carbonyl (C=O) groups excluding carboxylic acids is 1. The van der Waals surface area contributed by atoms with E-state index in [1.54, 1.807) is 0 Å². The van der Waals surface area contributed by atoms with Gasteiger partial charge < -0.3 is 9.47 Å². The summed E-state index contributed by atoms with van der Waals surface area (Å²) in [6.45, 7) is 0. The monoisotopic (exact) mass is 314 g/mol. The number of carbonyl (C=O) groups is 1. The number of hydrogen-bond acceptors (Lipinski definition) is 3. The van der Waals surface area contributed by atoms with Crippen LogP contribution >= 0.6 is 0 Å². The molecule has 0 amide bonds. The van der Waals surface area contributed by atoms with Crippen molar-refractivity contribution in [3.05, 3.63) is 53.8 Å². The first-order valence-corrected chi connectivity index (χ1v) is 6.04. The molecule has 0 aliphatic carbocycles. The molecular weight excluding hydrogens is 304 g/mol. The van der Waals surface area contributed by atoms with Crippen molar-refractivity contribution in [2.45, 2.75) is 6.36 Å². The van der Waals surface area contributed by atoms with Gasteiger partial charge in [-0.1, -0.05) is 12.1 Å². The number of halogens is 4. The molecule has 0 unspecified atom stereocenters. The molecule has 0 atom stereocenters. The number of esters is 1. The molecule has 0 aliphatic heterocycles. The van der Waals surface area contributed by atoms with Gasteiger partial charge in [-0.15, -0.1) is 13.2 Å². The Morgan fingerprint density at radius 3 is 2.23 bits per heavy atom. The summed E-state index contributed by atoms with van der Waals surface area (Å²) in [7, 11) is 1.18. The minimum absolute atomic E-state index is 0.105. The highest BCUT2D eigenvalue weighted by molar-refractivity contribution is 5.97. The van der Waals surface area contributed by atoms with Gasteiger partial charge in [0, 0.05) is 0 Å². The molecule has 0 bridgehead atoms. The van der Waals surface area contributed by atoms with Crippen molar-refractivity contribution in [2.24, 2.45) is 0 Å². The summed E-state index contributed by atoms with van der Waals surface area (Å²) in [5.41, 5.74) is 0.674. The zero-order valence-electron chi connectivity index (χ0n) is 11.3. The minimum Gasteiger partial charge on any atom is -0.465 e. The first-order chi connectivity index (χ1) is 10.3. The van der Waals surface area contributed by atoms with Crippen LogP contribution in [0.4, 0.5) is 17.6 Å². The zero-order chi connectivity index (χ0) is 16.3. The molecule has 2 aromatic carbocycles. The number of benzene rings is 2. The molecular formula is C15H10F4O3. The van der Waals surface area contributed by atoms with Crippen LogP contribution in [-0.2, 0) is 4.74 Å². The van der Waals surface area contributed by atoms with Crippen molar-refractivity contribution < 1.29 is 31.8 Å². The van der Waals surface area contributed by atoms with Crippen LogP contribution in [0.3, 0.4) is 0 Å². The van der Waals surface area contributed by atoms with E-state index < -0.39 is 23.9 Å². The Kier molecular flexibility index (Phi) is 4.35. The third-order valence-corrected chi connectivity index (χ3v) is 2.79. The second-order valence-corrected chi connectivity index (χ2v) is 4.25. The van der Waals surface area contributed by atoms with E-state index in [1.165, 1.54) is 25.3 Å². The lowest BCUT2D eigenvalue weighted by atomic mass is 9.99. The minimum atomic E-state index is -4.79. The van der Waals surface area contributed by atoms with E-state index >= 15 is 0 Å². The standard InChI is InChI=1S/C15H10F4O3/c1-21-14(20)12-7-4-10(16)8-13(12)9-2-5-11(6-3-9)22-15(17,18)19/h2-8H,1H3. The fraction of sp³-hybridized carbons (Fsp3) is 0.133. The Labute approximate surface area is 123 Å². The van der Waals surface area contributed by atoms with Crippen molar-refractivity contribution in [3.63, 3.8) is 0 Å². The molecule has 22 heavy (non-hydrogen) atoms. The second kappa shape index (κ2) is 6.05. The normalized spacial score (nSPS) is 11.1. The Bertz CT molecular complexity index is 678. The molecule has 0 aliphatic rings. The fourth-order valence-electron chi connectivity index (χ4n) is 1.88. The van der Waals surface area contributed by atoms with Gasteiger partial charge in [0.15, 0.2) is 0 Å². The van der Waals surface area contributed by atoms with Crippen LogP contribution in [0.2, 0.25) is 0 Å². The molecule has 2 aromatic rings. The first-order valence-electron chi connectivity index (χ1n) is 6.04. The van der Waals surface area contributed by atoms with E-state index in [1.807, 2.05) is 0 Å². The van der Waals surface area contributed by atoms with Crippen LogP contribution in [0, 0.1) is 5.82 Å². The third-order valence-electron chi connectivity index (χ3n) is 2.79. The highest BCUT2D eigenvalue weighted by Gasteiger charge is 2.31. The number of hydrogen-bond donors (Lipinski definition) is 0. The van der Waals surface area contributed by atoms with Gasteiger partial charge in [0.05, 0.1) is 12.7 Å². The molecule has 0 saturated heterocycles. The zero-order valence-corrected chi connectivity index (χ0v) is 11.3. The van der Waals surface area contributed by atoms with E-state index in [-0.39, 0.29) is 11.1 Å². The molecule has 2 rings (SSSR count). The summed E-state index contributed by atoms with van der Waals surface area (Å²) < 4.78 is 58.0. The summed E-state index contributed by atoms with van der Waals surface area (Å²) in [6, 6.07) is 8.19. The van der Waals surface area contributed by atoms with Gasteiger partial charge in [0.25, 0.3) is 0 Å². The number of alkyl halides is 3. The Hall–Kier alpha value is -2.57. The summed E-state index contributed by atoms with van der Waals surface area (Å²) in [4.78, 5) is 11.7. The lowest BCUT2D eigenvalue weighted by Crippen LogP contribution is -2.16. The predicted molar refractivity (Wildman–Crippen MR) is 69.9 cm³/mol. The maximum atomic E-state index is 13.4. The molecule has 0 radical (unpaired) electrons. The van der Waals surface area contributed by atoms with Crippen LogP contribution in [0.5, 0.6) is 5.75 Å². The Morgan fingerprint density at radius 1 is 1.05 bits per heavy atom. The molecule has 3 nitrogen and oxygen atoms in total. The van der Waals surface area contributed by atoms with E-state index in [0.29, 0.717) is 5.56 Å². The van der Waals surface area contributed by atoms with E-state index in [9.17, 15) is 22.4 Å². The van der Waals surface area contributed by atoms with Crippen molar-refractivity contribution in [1.29, 1.82) is 0 Å². The highest BCUT2D eigenvalue weighted by Crippen LogP contribution is 2.29. The SMILES string of the molecule is COC(=O)c1ccc(F)cc1-c1ccc(OC(F)(F)F)cc1. The van der Waals surface area contributed by atoms with Gasteiger partial charge in [-0.25, -0.2) is 9.18 Å². The van der Waals surface area contributed by atoms with Crippen molar-refractivity contribution in [1.82, 2.24) is 0 Å². The average Bonchev–Trinajstić information content (AvgIpc) is 2.45. The van der Waals surface area contributed by atoms with Crippen LogP contribution < -0.4 is 4.74 Å². The molecule has 0 fully saturated rings. The highest BCUT2D eigenvalue weighted by atomic mass is 19.4. The fourth-order valence-corrected chi connectivity index (χ4v) is 1.88. The maximum absolute atomic E-state index is 13.4. The van der Waals surface area contributed by atoms with Gasteiger partial charge >= 0.3 is 12.3 Å². The molecule has 0 N–H and O–H groups in total. The van der Waals surface area contributed by atoms with Gasteiger partial charge in [-0.05, 0) is 41.5 Å². The lowest BCUT2D eigenvalue weighted by Gasteiger charge is -2.11. The lowest BCUT2D eigenvalue weighted by molar-refractivity contribution is -0.274. The number of rotatable bonds is 3. The van der Waals surface area contributed by atoms with Crippen LogP contribution in [-0.4, -0.2) is 19.4 Å². The molecule has 0 spiro atoms. The quantitative estimate of drug-likeness (QED) is 0.630. The van der Waals surface area contributed by atoms with Crippen LogP contribution in [0.15, 0.2) is 42.5 Å². The molecule has 0 aromatic heterocycles. The summed E-state index contributed by atoms with van der Waals surface area (Å²) in [6.07, 6.45) is -4.79. The summed E-state index contributed by atoms with van der Waals surface area (Å²) >= 11 is 0. The maximum Gasteiger partial charge on any atom is 0.573 e. The van der Waals surface area contributed by atoms with Gasteiger partial charge in [-0.2, -0.15) is 0 Å². The Balaban J connectivity index is 2.39. The van der Waals surface area contributed by atoms with E-state index in [4.69, 9.17) is 0 Å². The van der Waals surface area contributed by atoms with Crippen LogP contribution in [0.25, 0.3) is 11.1 Å². The van der Waals surface area contributed by atoms with Crippen molar-refractivity contribution in [2.75, 3.05) is 7.11 Å². The first kappa shape index (κ1) is 15.8. The molecule has 116 valence electrons. The molecule has 0 saturated carbocycles. The largest absolute Gasteiger partial charge is 0.573 e. The van der Waals surface area contributed by atoms with E-state index in [0.717, 1.165) is 24.3 Å². The Morgan fingerprint density at radius 2 is 1.68 bits per heavy atom. The van der Waals surface area contributed by atoms with E-state index in [2.05, 4.69) is 9.47 Å². The average molecular weight is 314 g/mol. The van der Waals surface area contributed by atoms with Crippen LogP contribution in [0.1, 0.15) is 10.4 Å². The second-order valence-electron chi connectivity index (χ2n) is 4.25. The van der Waals surface area contributed by atoms with Gasteiger partial charge in [0.1, 0.15) is 11.6 Å². The number of methoxy groups -OCH3 is 1. The van der Waals surface area contributed by atoms with Crippen molar-refractivity contribution in [3.8, 4) is 16.9 Å². The molecule has 7 heteroatoms. The smallest absolute Gasteiger partial charge is 0.465 e. The van der Waals surface area contributed by atoms with Gasteiger partial charge in [-0.3, -0.25) is 0 Å². The number of ether oxygens (including phenoxy) is 2. The summed E-state index contributed by atoms with van der Waals surface area (Å²) in [5, 5.41) is 0. The van der Waals surface area contributed by atoms with Crippen molar-refractivity contribution >= 4 is 5.97 Å².